The summed E-state index contributed by atoms with van der Waals surface area (Å²) in [7, 11) is 0. The van der Waals surface area contributed by atoms with Gasteiger partial charge in [-0.3, -0.25) is 4.79 Å². The van der Waals surface area contributed by atoms with Crippen LogP contribution < -0.4 is 5.32 Å². The summed E-state index contributed by atoms with van der Waals surface area (Å²) in [4.78, 5) is 19.6. The van der Waals surface area contributed by atoms with E-state index in [1.807, 2.05) is 0 Å². The number of carbonyl (C=O) groups is 1. The Balaban J connectivity index is 2.22. The highest BCUT2D eigenvalue weighted by atomic mass is 35.5. The highest BCUT2D eigenvalue weighted by Crippen LogP contribution is 2.26. The number of halogens is 2. The van der Waals surface area contributed by atoms with Crippen molar-refractivity contribution in [3.05, 3.63) is 46.0 Å². The van der Waals surface area contributed by atoms with Gasteiger partial charge < -0.3 is 10.4 Å². The van der Waals surface area contributed by atoms with E-state index in [-0.39, 0.29) is 21.7 Å². The third kappa shape index (κ3) is 3.33. The van der Waals surface area contributed by atoms with E-state index in [2.05, 4.69) is 15.3 Å². The number of phenols is 1. The molecule has 0 aliphatic rings. The fourth-order valence-corrected chi connectivity index (χ4v) is 1.83. The Morgan fingerprint density at radius 2 is 2.00 bits per heavy atom. The van der Waals surface area contributed by atoms with Crippen LogP contribution in [0.3, 0.4) is 0 Å². The molecule has 1 heterocycles. The van der Waals surface area contributed by atoms with Crippen molar-refractivity contribution < 1.29 is 9.90 Å². The Hall–Kier alpha value is -1.85. The first-order valence-electron chi connectivity index (χ1n) is 5.27. The quantitative estimate of drug-likeness (QED) is 0.660. The van der Waals surface area contributed by atoms with Gasteiger partial charge in [-0.15, -0.1) is 0 Å². The monoisotopic (exact) mass is 297 g/mol. The largest absolute Gasteiger partial charge is 0.506 e. The topological polar surface area (TPSA) is 75.1 Å². The number of phenolic OH excluding ortho intramolecular Hbond substituents is 1. The summed E-state index contributed by atoms with van der Waals surface area (Å²) in [5.41, 5.74) is 1.19. The first-order valence-corrected chi connectivity index (χ1v) is 6.02. The molecule has 2 aromatic rings. The summed E-state index contributed by atoms with van der Waals surface area (Å²) < 4.78 is 0. The van der Waals surface area contributed by atoms with Gasteiger partial charge in [-0.05, 0) is 42.8 Å². The molecule has 1 amide bonds. The molecule has 1 aromatic carbocycles. The Labute approximate surface area is 119 Å². The number of carbonyl (C=O) groups excluding carboxylic acids is 1. The van der Waals surface area contributed by atoms with Crippen LogP contribution in [-0.4, -0.2) is 21.0 Å². The first-order chi connectivity index (χ1) is 8.95. The van der Waals surface area contributed by atoms with Crippen LogP contribution in [-0.2, 0) is 0 Å². The Morgan fingerprint density at radius 3 is 2.63 bits per heavy atom. The zero-order valence-electron chi connectivity index (χ0n) is 9.82. The molecular formula is C12H9Cl2N3O2. The SMILES string of the molecule is Cc1cc(C(=O)Nc2ccc(O)c(Cl)c2)nc(Cl)n1. The third-order valence-corrected chi connectivity index (χ3v) is 2.74. The van der Waals surface area contributed by atoms with Crippen LogP contribution in [0.25, 0.3) is 0 Å². The van der Waals surface area contributed by atoms with E-state index in [1.165, 1.54) is 24.3 Å². The van der Waals surface area contributed by atoms with Crippen LogP contribution in [0, 0.1) is 6.92 Å². The first kappa shape index (κ1) is 13.6. The number of hydrogen-bond donors (Lipinski definition) is 2. The molecule has 0 bridgehead atoms. The Bertz CT molecular complexity index is 627. The lowest BCUT2D eigenvalue weighted by atomic mass is 10.2. The molecule has 0 fully saturated rings. The number of nitrogens with one attached hydrogen (secondary N) is 1. The fourth-order valence-electron chi connectivity index (χ4n) is 1.43. The molecule has 2 N–H and O–H groups in total. The summed E-state index contributed by atoms with van der Waals surface area (Å²) in [5, 5.41) is 12.0. The Morgan fingerprint density at radius 1 is 1.26 bits per heavy atom. The van der Waals surface area contributed by atoms with E-state index in [4.69, 9.17) is 23.2 Å². The number of aromatic nitrogens is 2. The van der Waals surface area contributed by atoms with Crippen molar-refractivity contribution >= 4 is 34.8 Å². The number of rotatable bonds is 2. The van der Waals surface area contributed by atoms with Gasteiger partial charge in [0.15, 0.2) is 0 Å². The molecule has 0 saturated carbocycles. The van der Waals surface area contributed by atoms with E-state index in [9.17, 15) is 9.90 Å². The molecular weight excluding hydrogens is 289 g/mol. The summed E-state index contributed by atoms with van der Waals surface area (Å²) in [6.45, 7) is 1.71. The number of benzene rings is 1. The van der Waals surface area contributed by atoms with E-state index in [0.29, 0.717) is 11.4 Å². The van der Waals surface area contributed by atoms with Crippen LogP contribution >= 0.6 is 23.2 Å². The Kier molecular flexibility index (Phi) is 3.87. The number of hydrogen-bond acceptors (Lipinski definition) is 4. The number of amides is 1. The second-order valence-corrected chi connectivity index (χ2v) is 4.53. The van der Waals surface area contributed by atoms with E-state index < -0.39 is 5.91 Å². The molecule has 0 unspecified atom stereocenters. The van der Waals surface area contributed by atoms with E-state index in [0.717, 1.165) is 0 Å². The lowest BCUT2D eigenvalue weighted by Gasteiger charge is -2.06. The van der Waals surface area contributed by atoms with Crippen molar-refractivity contribution in [3.63, 3.8) is 0 Å². The van der Waals surface area contributed by atoms with Crippen molar-refractivity contribution in [3.8, 4) is 5.75 Å². The molecule has 2 rings (SSSR count). The van der Waals surface area contributed by atoms with Crippen molar-refractivity contribution in [2.75, 3.05) is 5.32 Å². The molecule has 0 spiro atoms. The molecule has 5 nitrogen and oxygen atoms in total. The van der Waals surface area contributed by atoms with Crippen LogP contribution in [0.2, 0.25) is 10.3 Å². The maximum absolute atomic E-state index is 11.9. The average molecular weight is 298 g/mol. The minimum Gasteiger partial charge on any atom is -0.506 e. The lowest BCUT2D eigenvalue weighted by molar-refractivity contribution is 0.102. The number of anilines is 1. The predicted molar refractivity (Wildman–Crippen MR) is 72.8 cm³/mol. The minimum absolute atomic E-state index is 0.00823. The normalized spacial score (nSPS) is 10.3. The zero-order chi connectivity index (χ0) is 14.0. The molecule has 98 valence electrons. The molecule has 1 aromatic heterocycles. The second kappa shape index (κ2) is 5.42. The summed E-state index contributed by atoms with van der Waals surface area (Å²) in [5.74, 6) is -0.491. The van der Waals surface area contributed by atoms with E-state index >= 15 is 0 Å². The summed E-state index contributed by atoms with van der Waals surface area (Å²) >= 11 is 11.4. The second-order valence-electron chi connectivity index (χ2n) is 3.78. The average Bonchev–Trinajstić information content (AvgIpc) is 2.32. The highest BCUT2D eigenvalue weighted by Gasteiger charge is 2.11. The van der Waals surface area contributed by atoms with E-state index in [1.54, 1.807) is 6.92 Å². The fraction of sp³-hybridized carbons (Fsp3) is 0.0833. The molecule has 0 atom stereocenters. The predicted octanol–water partition coefficient (Wildman–Crippen LogP) is 3.05. The van der Waals surface area contributed by atoms with Gasteiger partial charge in [-0.2, -0.15) is 0 Å². The number of aromatic hydroxyl groups is 1. The third-order valence-electron chi connectivity index (χ3n) is 2.27. The highest BCUT2D eigenvalue weighted by molar-refractivity contribution is 6.32. The van der Waals surface area contributed by atoms with Crippen LogP contribution in [0.1, 0.15) is 16.2 Å². The lowest BCUT2D eigenvalue weighted by Crippen LogP contribution is -2.14. The number of nitrogens with zero attached hydrogens (tertiary/aromatic N) is 2. The molecule has 0 aliphatic heterocycles. The standard InChI is InChI=1S/C12H9Cl2N3O2/c1-6-4-9(17-12(14)15-6)11(19)16-7-2-3-10(18)8(13)5-7/h2-5,18H,1H3,(H,16,19). The summed E-state index contributed by atoms with van der Waals surface area (Å²) in [6.07, 6.45) is 0. The van der Waals surface area contributed by atoms with Gasteiger partial charge in [0, 0.05) is 11.4 Å². The van der Waals surface area contributed by atoms with Crippen molar-refractivity contribution in [1.82, 2.24) is 9.97 Å². The van der Waals surface area contributed by atoms with Gasteiger partial charge in [0.25, 0.3) is 5.91 Å². The van der Waals surface area contributed by atoms with Gasteiger partial charge in [-0.1, -0.05) is 11.6 Å². The smallest absolute Gasteiger partial charge is 0.274 e. The maximum atomic E-state index is 11.9. The van der Waals surface area contributed by atoms with Gasteiger partial charge in [0.1, 0.15) is 11.4 Å². The number of aryl methyl sites for hydroxylation is 1. The van der Waals surface area contributed by atoms with Crippen LogP contribution in [0.5, 0.6) is 5.75 Å². The van der Waals surface area contributed by atoms with Crippen molar-refractivity contribution in [2.45, 2.75) is 6.92 Å². The zero-order valence-corrected chi connectivity index (χ0v) is 11.3. The van der Waals surface area contributed by atoms with Gasteiger partial charge in [-0.25, -0.2) is 9.97 Å². The summed E-state index contributed by atoms with van der Waals surface area (Å²) in [6, 6.07) is 5.86. The molecule has 0 saturated heterocycles. The van der Waals surface area contributed by atoms with Gasteiger partial charge in [0.2, 0.25) is 5.28 Å². The van der Waals surface area contributed by atoms with Gasteiger partial charge >= 0.3 is 0 Å². The van der Waals surface area contributed by atoms with Crippen molar-refractivity contribution in [1.29, 1.82) is 0 Å². The van der Waals surface area contributed by atoms with Crippen LogP contribution in [0.15, 0.2) is 24.3 Å². The maximum Gasteiger partial charge on any atom is 0.274 e. The van der Waals surface area contributed by atoms with Gasteiger partial charge in [0.05, 0.1) is 5.02 Å². The molecule has 0 aliphatic carbocycles. The molecule has 7 heteroatoms. The molecule has 19 heavy (non-hydrogen) atoms. The van der Waals surface area contributed by atoms with Crippen molar-refractivity contribution in [2.24, 2.45) is 0 Å². The van der Waals surface area contributed by atoms with Crippen LogP contribution in [0.4, 0.5) is 5.69 Å². The molecule has 0 radical (unpaired) electrons. The minimum atomic E-state index is -0.436.